The molecule has 1 aliphatic rings. The van der Waals surface area contributed by atoms with Gasteiger partial charge in [0.25, 0.3) is 0 Å². The van der Waals surface area contributed by atoms with Crippen LogP contribution >= 0.6 is 0 Å². The normalized spacial score (nSPS) is 13.7. The van der Waals surface area contributed by atoms with Gasteiger partial charge in [-0.15, -0.1) is 0 Å². The third-order valence-corrected chi connectivity index (χ3v) is 2.80. The molecular weight excluding hydrogens is 196 g/mol. The van der Waals surface area contributed by atoms with Gasteiger partial charge in [0.15, 0.2) is 0 Å². The van der Waals surface area contributed by atoms with E-state index in [2.05, 4.69) is 31.5 Å². The van der Waals surface area contributed by atoms with Crippen LogP contribution in [-0.2, 0) is 0 Å². The van der Waals surface area contributed by atoms with Gasteiger partial charge in [-0.3, -0.25) is 4.90 Å². The van der Waals surface area contributed by atoms with Crippen molar-refractivity contribution < 1.29 is 4.90 Å². The van der Waals surface area contributed by atoms with Crippen LogP contribution in [0.4, 0.5) is 0 Å². The fourth-order valence-corrected chi connectivity index (χ4v) is 1.87. The van der Waals surface area contributed by atoms with E-state index in [-0.39, 0.29) is 0 Å². The van der Waals surface area contributed by atoms with E-state index in [0.717, 1.165) is 0 Å². The first kappa shape index (κ1) is 14.9. The molecular formula is C14H24N2. The molecule has 1 heterocycles. The monoisotopic (exact) mass is 220 g/mol. The highest BCUT2D eigenvalue weighted by Gasteiger charge is 2.02. The first-order valence-corrected chi connectivity index (χ1v) is 6.36. The molecule has 1 aliphatic heterocycles. The van der Waals surface area contributed by atoms with Crippen LogP contribution < -0.4 is 4.90 Å². The molecule has 2 heteroatoms. The van der Waals surface area contributed by atoms with E-state index in [1.807, 2.05) is 0 Å². The van der Waals surface area contributed by atoms with Crippen molar-refractivity contribution in [1.82, 2.24) is 0 Å². The number of allylic oxidation sites excluding steroid dienone is 2. The second kappa shape index (κ2) is 12.0. The quantitative estimate of drug-likeness (QED) is 0.494. The van der Waals surface area contributed by atoms with E-state index >= 15 is 0 Å². The molecule has 0 amide bonds. The first-order chi connectivity index (χ1) is 7.93. The minimum Gasteiger partial charge on any atom is -0.512 e. The van der Waals surface area contributed by atoms with Gasteiger partial charge in [-0.1, -0.05) is 39.0 Å². The van der Waals surface area contributed by atoms with E-state index < -0.39 is 0 Å². The lowest BCUT2D eigenvalue weighted by Gasteiger charge is -2.06. The second-order valence-electron chi connectivity index (χ2n) is 4.16. The van der Waals surface area contributed by atoms with Gasteiger partial charge in [0, 0.05) is 0 Å². The average molecular weight is 220 g/mol. The van der Waals surface area contributed by atoms with Crippen molar-refractivity contribution in [2.45, 2.75) is 51.9 Å². The lowest BCUT2D eigenvalue weighted by Crippen LogP contribution is -3.01. The summed E-state index contributed by atoms with van der Waals surface area (Å²) in [7, 11) is 0. The Labute approximate surface area is 100 Å². The van der Waals surface area contributed by atoms with Crippen LogP contribution in [0, 0.1) is 11.8 Å². The number of hydrogen-bond acceptors (Lipinski definition) is 1. The molecule has 0 unspecified atom stereocenters. The van der Waals surface area contributed by atoms with Gasteiger partial charge in [-0.25, -0.2) is 0 Å². The molecule has 0 aliphatic carbocycles. The average Bonchev–Trinajstić information content (AvgIpc) is 2.84. The highest BCUT2D eigenvalue weighted by molar-refractivity contribution is 5.00. The molecule has 1 N–H and O–H groups in total. The Morgan fingerprint density at radius 2 is 1.38 bits per heavy atom. The Morgan fingerprint density at radius 3 is 1.94 bits per heavy atom. The molecule has 0 radical (unpaired) electrons. The summed E-state index contributed by atoms with van der Waals surface area (Å²) in [5.41, 5.74) is 0. The third-order valence-electron chi connectivity index (χ3n) is 2.80. The summed E-state index contributed by atoms with van der Waals surface area (Å²) < 4.78 is 0. The first-order valence-electron chi connectivity index (χ1n) is 6.36. The number of unbranched alkanes of at least 4 members (excludes halogenated alkanes) is 6. The number of rotatable bonds is 8. The van der Waals surface area contributed by atoms with Gasteiger partial charge in [-0.2, -0.15) is 0 Å². The molecule has 0 bridgehead atoms. The number of hydrogen-bond donors (Lipinski definition) is 1. The van der Waals surface area contributed by atoms with Gasteiger partial charge in [0.05, 0.1) is 18.9 Å². The maximum absolute atomic E-state index is 6.25. The van der Waals surface area contributed by atoms with Gasteiger partial charge >= 0.3 is 0 Å². The SMILES string of the molecule is CCCCCCCCC[NH+]1C=CC=C1.[C-]#N. The van der Waals surface area contributed by atoms with Crippen molar-refractivity contribution in [3.8, 4) is 0 Å². The zero-order valence-electron chi connectivity index (χ0n) is 10.4. The molecule has 2 nitrogen and oxygen atoms in total. The Kier molecular flexibility index (Phi) is 11.2. The number of nitrogens with zero attached hydrogens (tertiary/aromatic N) is 1. The zero-order chi connectivity index (χ0) is 12.1. The Balaban J connectivity index is 0.00000106. The van der Waals surface area contributed by atoms with Crippen molar-refractivity contribution in [3.05, 3.63) is 31.1 Å². The predicted molar refractivity (Wildman–Crippen MR) is 67.1 cm³/mol. The molecule has 0 saturated heterocycles. The van der Waals surface area contributed by atoms with E-state index in [0.29, 0.717) is 0 Å². The topological polar surface area (TPSA) is 28.2 Å². The largest absolute Gasteiger partial charge is 0.512 e. The predicted octanol–water partition coefficient (Wildman–Crippen LogP) is 2.76. The van der Waals surface area contributed by atoms with Crippen LogP contribution in [0.5, 0.6) is 0 Å². The minimum absolute atomic E-state index is 1.28. The summed E-state index contributed by atoms with van der Waals surface area (Å²) in [5.74, 6) is 0. The van der Waals surface area contributed by atoms with Gasteiger partial charge in [0.2, 0.25) is 0 Å². The molecule has 16 heavy (non-hydrogen) atoms. The van der Waals surface area contributed by atoms with Gasteiger partial charge in [0.1, 0.15) is 0 Å². The minimum atomic E-state index is 1.28. The number of quaternary nitrogens is 1. The summed E-state index contributed by atoms with van der Waals surface area (Å²) in [6.07, 6.45) is 18.6. The molecule has 0 atom stereocenters. The smallest absolute Gasteiger partial charge is 0.0990 e. The lowest BCUT2D eigenvalue weighted by molar-refractivity contribution is -0.787. The fraction of sp³-hybridized carbons (Fsp3) is 0.643. The van der Waals surface area contributed by atoms with Gasteiger partial charge in [-0.05, 0) is 25.0 Å². The third kappa shape index (κ3) is 8.26. The van der Waals surface area contributed by atoms with E-state index in [4.69, 9.17) is 11.8 Å². The molecule has 90 valence electrons. The van der Waals surface area contributed by atoms with Crippen molar-refractivity contribution in [2.75, 3.05) is 6.54 Å². The molecule has 0 spiro atoms. The summed E-state index contributed by atoms with van der Waals surface area (Å²) >= 11 is 0. The zero-order valence-corrected chi connectivity index (χ0v) is 10.4. The molecule has 0 fully saturated rings. The summed E-state index contributed by atoms with van der Waals surface area (Å²) in [6.45, 7) is 8.30. The summed E-state index contributed by atoms with van der Waals surface area (Å²) in [5, 5.41) is 6.25. The molecule has 0 aromatic carbocycles. The number of nitrogens with one attached hydrogen (secondary N) is 1. The molecule has 0 aromatic heterocycles. The second-order valence-corrected chi connectivity index (χ2v) is 4.16. The van der Waals surface area contributed by atoms with Crippen LogP contribution in [-0.4, -0.2) is 6.54 Å². The summed E-state index contributed by atoms with van der Waals surface area (Å²) in [6, 6.07) is 0. The highest BCUT2D eigenvalue weighted by Crippen LogP contribution is 2.05. The molecule has 0 aromatic rings. The fourth-order valence-electron chi connectivity index (χ4n) is 1.87. The maximum Gasteiger partial charge on any atom is 0.0990 e. The van der Waals surface area contributed by atoms with Crippen molar-refractivity contribution >= 4 is 0 Å². The van der Waals surface area contributed by atoms with Crippen molar-refractivity contribution in [2.24, 2.45) is 0 Å². The van der Waals surface area contributed by atoms with Gasteiger partial charge < -0.3 is 11.8 Å². The summed E-state index contributed by atoms with van der Waals surface area (Å²) in [4.78, 5) is 1.51. The lowest BCUT2D eigenvalue weighted by atomic mass is 10.1. The van der Waals surface area contributed by atoms with Crippen LogP contribution in [0.2, 0.25) is 0 Å². The van der Waals surface area contributed by atoms with Crippen LogP contribution in [0.15, 0.2) is 24.6 Å². The van der Waals surface area contributed by atoms with Crippen LogP contribution in [0.3, 0.4) is 0 Å². The standard InChI is InChI=1S/C13H23N.CN/c1-2-3-4-5-6-7-8-11-14-12-9-10-13-14;1-2/h9-10,12-13H,2-8,11H2,1H3;/q;-1/p+1. The molecule has 1 rings (SSSR count). The van der Waals surface area contributed by atoms with Crippen molar-refractivity contribution in [3.63, 3.8) is 0 Å². The van der Waals surface area contributed by atoms with Crippen LogP contribution in [0.1, 0.15) is 51.9 Å². The maximum atomic E-state index is 6.25. The Bertz CT molecular complexity index is 204. The van der Waals surface area contributed by atoms with Crippen LogP contribution in [0.25, 0.3) is 0 Å². The Hall–Kier alpha value is -1.07. The van der Waals surface area contributed by atoms with Crippen molar-refractivity contribution in [1.29, 1.82) is 5.26 Å². The van der Waals surface area contributed by atoms with E-state index in [9.17, 15) is 0 Å². The highest BCUT2D eigenvalue weighted by atomic mass is 15.1. The Morgan fingerprint density at radius 1 is 0.875 bits per heavy atom. The molecule has 0 saturated carbocycles. The van der Waals surface area contributed by atoms with E-state index in [1.165, 1.54) is 56.4 Å². The van der Waals surface area contributed by atoms with E-state index in [1.54, 1.807) is 0 Å².